The van der Waals surface area contributed by atoms with Gasteiger partial charge in [-0.15, -0.1) is 5.10 Å². The fourth-order valence-electron chi connectivity index (χ4n) is 4.18. The number of nitrogens with one attached hydrogen (secondary N) is 1. The van der Waals surface area contributed by atoms with Crippen molar-refractivity contribution < 1.29 is 14.4 Å². The molecule has 2 fully saturated rings. The molecule has 1 aromatic heterocycles. The van der Waals surface area contributed by atoms with Gasteiger partial charge in [-0.2, -0.15) is 0 Å². The normalized spacial score (nSPS) is 18.5. The van der Waals surface area contributed by atoms with Gasteiger partial charge in [-0.05, 0) is 18.4 Å². The molecule has 0 atom stereocenters. The molecule has 1 N–H and O–H groups in total. The molecule has 0 radical (unpaired) electrons. The lowest BCUT2D eigenvalue weighted by Gasteiger charge is -2.35. The summed E-state index contributed by atoms with van der Waals surface area (Å²) in [7, 11) is 1.65. The molecule has 152 valence electrons. The number of benzene rings is 1. The van der Waals surface area contributed by atoms with E-state index in [1.54, 1.807) is 11.7 Å². The number of carbonyl (C=O) groups excluding carboxylic acids is 3. The summed E-state index contributed by atoms with van der Waals surface area (Å²) in [6, 6.07) is 9.34. The van der Waals surface area contributed by atoms with Crippen molar-refractivity contribution in [3.05, 3.63) is 42.2 Å². The molecule has 2 heterocycles. The highest BCUT2D eigenvalue weighted by Crippen LogP contribution is 2.39. The lowest BCUT2D eigenvalue weighted by molar-refractivity contribution is -0.136. The Morgan fingerprint density at radius 1 is 1.14 bits per heavy atom. The maximum atomic E-state index is 12.9. The predicted octanol–water partition coefficient (Wildman–Crippen LogP) is 1.86. The van der Waals surface area contributed by atoms with Crippen molar-refractivity contribution in [1.82, 2.24) is 24.6 Å². The molecule has 2 aromatic rings. The summed E-state index contributed by atoms with van der Waals surface area (Å²) in [4.78, 5) is 44.6. The number of carbonyl (C=O) groups is 3. The lowest BCUT2D eigenvalue weighted by atomic mass is 9.81. The first kappa shape index (κ1) is 19.1. The summed E-state index contributed by atoms with van der Waals surface area (Å²) in [5, 5.41) is 6.81. The van der Waals surface area contributed by atoms with Crippen molar-refractivity contribution in [3.63, 3.8) is 0 Å². The molecular formula is C20H24N6O3. The Balaban J connectivity index is 1.38. The molecule has 9 heteroatoms. The summed E-state index contributed by atoms with van der Waals surface area (Å²) in [6.07, 6.45) is 5.71. The van der Waals surface area contributed by atoms with Crippen LogP contribution in [0.25, 0.3) is 0 Å². The Kier molecular flexibility index (Phi) is 5.04. The van der Waals surface area contributed by atoms with Gasteiger partial charge in [0.1, 0.15) is 18.4 Å². The number of anilines is 1. The Hall–Kier alpha value is -3.23. The number of imide groups is 1. The highest BCUT2D eigenvalue weighted by Gasteiger charge is 2.55. The van der Waals surface area contributed by atoms with E-state index in [0.717, 1.165) is 29.7 Å². The van der Waals surface area contributed by atoms with E-state index in [1.165, 1.54) is 11.2 Å². The van der Waals surface area contributed by atoms with Gasteiger partial charge in [-0.25, -0.2) is 14.5 Å². The van der Waals surface area contributed by atoms with Crippen LogP contribution in [0.1, 0.15) is 37.7 Å². The first-order valence-electron chi connectivity index (χ1n) is 9.82. The number of likely N-dealkylation sites (N-methyl/N-ethyl adjacent to an activating group) is 1. The first-order chi connectivity index (χ1) is 14.0. The third kappa shape index (κ3) is 3.59. The van der Waals surface area contributed by atoms with Crippen molar-refractivity contribution in [3.8, 4) is 0 Å². The van der Waals surface area contributed by atoms with E-state index in [2.05, 4.69) is 15.4 Å². The van der Waals surface area contributed by atoms with Gasteiger partial charge >= 0.3 is 6.03 Å². The molecule has 1 spiro atoms. The standard InChI is InChI=1S/C20H24N6O3/c1-24-19(29)26(17(28)20(24)10-6-3-7-11-20)13-16(27)22-18-21-14-25(23-18)12-15-8-4-2-5-9-15/h2,4-5,8-9,14H,3,6-7,10-13H2,1H3,(H,22,23,27). The van der Waals surface area contributed by atoms with Gasteiger partial charge < -0.3 is 4.90 Å². The van der Waals surface area contributed by atoms with E-state index in [4.69, 9.17) is 0 Å². The maximum Gasteiger partial charge on any atom is 0.327 e. The fourth-order valence-corrected chi connectivity index (χ4v) is 4.18. The third-order valence-corrected chi connectivity index (χ3v) is 5.76. The summed E-state index contributed by atoms with van der Waals surface area (Å²) in [5.74, 6) is -0.626. The van der Waals surface area contributed by atoms with Gasteiger partial charge in [0.05, 0.1) is 6.54 Å². The van der Waals surface area contributed by atoms with Crippen molar-refractivity contribution in [2.75, 3.05) is 18.9 Å². The zero-order chi connectivity index (χ0) is 20.4. The third-order valence-electron chi connectivity index (χ3n) is 5.76. The zero-order valence-electron chi connectivity index (χ0n) is 16.4. The highest BCUT2D eigenvalue weighted by atomic mass is 16.2. The van der Waals surface area contributed by atoms with Crippen LogP contribution < -0.4 is 5.32 Å². The summed E-state index contributed by atoms with van der Waals surface area (Å²) >= 11 is 0. The van der Waals surface area contributed by atoms with E-state index in [-0.39, 0.29) is 18.4 Å². The second-order valence-electron chi connectivity index (χ2n) is 7.62. The predicted molar refractivity (Wildman–Crippen MR) is 105 cm³/mol. The van der Waals surface area contributed by atoms with Crippen LogP contribution in [-0.4, -0.2) is 61.5 Å². The van der Waals surface area contributed by atoms with Crippen molar-refractivity contribution in [2.24, 2.45) is 0 Å². The smallest absolute Gasteiger partial charge is 0.313 e. The SMILES string of the molecule is CN1C(=O)N(CC(=O)Nc2ncn(Cc3ccccc3)n2)C(=O)C12CCCCC2. The fraction of sp³-hybridized carbons (Fsp3) is 0.450. The van der Waals surface area contributed by atoms with Crippen LogP contribution in [0.3, 0.4) is 0 Å². The Morgan fingerprint density at radius 3 is 2.59 bits per heavy atom. The molecule has 1 aliphatic heterocycles. The van der Waals surface area contributed by atoms with Gasteiger partial charge in [0.2, 0.25) is 11.9 Å². The Bertz CT molecular complexity index is 919. The quantitative estimate of drug-likeness (QED) is 0.778. The van der Waals surface area contributed by atoms with Crippen LogP contribution in [0.4, 0.5) is 10.7 Å². The van der Waals surface area contributed by atoms with E-state index in [1.807, 2.05) is 30.3 Å². The minimum atomic E-state index is -0.787. The number of urea groups is 1. The van der Waals surface area contributed by atoms with Crippen molar-refractivity contribution in [1.29, 1.82) is 0 Å². The van der Waals surface area contributed by atoms with E-state index in [9.17, 15) is 14.4 Å². The minimum Gasteiger partial charge on any atom is -0.313 e. The molecule has 29 heavy (non-hydrogen) atoms. The lowest BCUT2D eigenvalue weighted by Crippen LogP contribution is -2.49. The molecule has 4 amide bonds. The summed E-state index contributed by atoms with van der Waals surface area (Å²) in [5.41, 5.74) is 0.273. The number of hydrogen-bond donors (Lipinski definition) is 1. The average Bonchev–Trinajstić information content (AvgIpc) is 3.23. The zero-order valence-corrected chi connectivity index (χ0v) is 16.4. The molecular weight excluding hydrogens is 372 g/mol. The Labute approximate surface area is 168 Å². The van der Waals surface area contributed by atoms with Crippen LogP contribution in [0, 0.1) is 0 Å². The van der Waals surface area contributed by atoms with Crippen LogP contribution in [-0.2, 0) is 16.1 Å². The number of aromatic nitrogens is 3. The first-order valence-corrected chi connectivity index (χ1v) is 9.82. The number of rotatable bonds is 5. The topological polar surface area (TPSA) is 100 Å². The molecule has 1 aliphatic carbocycles. The van der Waals surface area contributed by atoms with Crippen LogP contribution in [0.2, 0.25) is 0 Å². The monoisotopic (exact) mass is 396 g/mol. The van der Waals surface area contributed by atoms with Crippen molar-refractivity contribution in [2.45, 2.75) is 44.2 Å². The second-order valence-corrected chi connectivity index (χ2v) is 7.62. The van der Waals surface area contributed by atoms with Crippen LogP contribution >= 0.6 is 0 Å². The molecule has 1 saturated heterocycles. The van der Waals surface area contributed by atoms with Crippen LogP contribution in [0.15, 0.2) is 36.7 Å². The highest BCUT2D eigenvalue weighted by molar-refractivity contribution is 6.09. The largest absolute Gasteiger partial charge is 0.327 e. The molecule has 1 aromatic carbocycles. The molecule has 4 rings (SSSR count). The van der Waals surface area contributed by atoms with E-state index < -0.39 is 17.5 Å². The molecule has 9 nitrogen and oxygen atoms in total. The van der Waals surface area contributed by atoms with Crippen LogP contribution in [0.5, 0.6) is 0 Å². The molecule has 1 saturated carbocycles. The van der Waals surface area contributed by atoms with Gasteiger partial charge in [-0.3, -0.25) is 19.8 Å². The van der Waals surface area contributed by atoms with Gasteiger partial charge in [0.25, 0.3) is 5.91 Å². The minimum absolute atomic E-state index is 0.144. The summed E-state index contributed by atoms with van der Waals surface area (Å²) in [6.45, 7) is 0.192. The van der Waals surface area contributed by atoms with E-state index in [0.29, 0.717) is 19.4 Å². The molecule has 2 aliphatic rings. The summed E-state index contributed by atoms with van der Waals surface area (Å²) < 4.78 is 1.61. The molecule has 0 bridgehead atoms. The van der Waals surface area contributed by atoms with Crippen molar-refractivity contribution >= 4 is 23.8 Å². The van der Waals surface area contributed by atoms with E-state index >= 15 is 0 Å². The van der Waals surface area contributed by atoms with Gasteiger partial charge in [0, 0.05) is 7.05 Å². The Morgan fingerprint density at radius 2 is 1.86 bits per heavy atom. The maximum absolute atomic E-state index is 12.9. The second kappa shape index (κ2) is 7.65. The average molecular weight is 396 g/mol. The number of amides is 4. The molecule has 0 unspecified atom stereocenters. The number of nitrogens with zero attached hydrogens (tertiary/aromatic N) is 5. The number of hydrogen-bond acceptors (Lipinski definition) is 5. The van der Waals surface area contributed by atoms with Gasteiger partial charge in [-0.1, -0.05) is 49.6 Å². The van der Waals surface area contributed by atoms with Gasteiger partial charge in [0.15, 0.2) is 0 Å².